The second kappa shape index (κ2) is 11.3. The highest BCUT2D eigenvalue weighted by molar-refractivity contribution is 14.0. The molecule has 104 valence electrons. The Morgan fingerprint density at radius 2 is 2.33 bits per heavy atom. The molecule has 0 saturated carbocycles. The first-order chi connectivity index (χ1) is 8.36. The van der Waals surface area contributed by atoms with Crippen molar-refractivity contribution in [3.05, 3.63) is 18.0 Å². The number of methoxy groups -OCH3 is 1. The number of aromatic nitrogens is 1. The Kier molecular flexibility index (Phi) is 10.8. The molecule has 7 heteroatoms. The first-order valence-corrected chi connectivity index (χ1v) is 5.77. The van der Waals surface area contributed by atoms with Gasteiger partial charge in [0, 0.05) is 32.9 Å². The average Bonchev–Trinajstić information content (AvgIpc) is 2.84. The Labute approximate surface area is 125 Å². The van der Waals surface area contributed by atoms with Crippen molar-refractivity contribution < 1.29 is 9.26 Å². The summed E-state index contributed by atoms with van der Waals surface area (Å²) in [5.41, 5.74) is 0.819. The predicted molar refractivity (Wildman–Crippen MR) is 81.2 cm³/mol. The van der Waals surface area contributed by atoms with Gasteiger partial charge in [-0.25, -0.2) is 4.99 Å². The summed E-state index contributed by atoms with van der Waals surface area (Å²) in [6.45, 7) is 4.95. The van der Waals surface area contributed by atoms with Crippen LogP contribution in [0.2, 0.25) is 0 Å². The van der Waals surface area contributed by atoms with E-state index in [0.29, 0.717) is 6.54 Å². The monoisotopic (exact) mass is 368 g/mol. The van der Waals surface area contributed by atoms with Crippen molar-refractivity contribution in [3.63, 3.8) is 0 Å². The SMILES string of the molecule is CCNC(=NCc1ccon1)NCCCOC.I. The second-order valence-electron chi connectivity index (χ2n) is 3.46. The number of ether oxygens (including phenoxy) is 1. The normalized spacial score (nSPS) is 10.9. The van der Waals surface area contributed by atoms with Gasteiger partial charge in [-0.15, -0.1) is 24.0 Å². The van der Waals surface area contributed by atoms with E-state index in [1.54, 1.807) is 19.4 Å². The maximum atomic E-state index is 4.98. The van der Waals surface area contributed by atoms with Crippen molar-refractivity contribution in [2.45, 2.75) is 19.9 Å². The first-order valence-electron chi connectivity index (χ1n) is 5.77. The number of nitrogens with one attached hydrogen (secondary N) is 2. The predicted octanol–water partition coefficient (Wildman–Crippen LogP) is 1.38. The van der Waals surface area contributed by atoms with Gasteiger partial charge in [0.2, 0.25) is 0 Å². The van der Waals surface area contributed by atoms with E-state index >= 15 is 0 Å². The molecular weight excluding hydrogens is 347 g/mol. The highest BCUT2D eigenvalue weighted by atomic mass is 127. The van der Waals surface area contributed by atoms with Gasteiger partial charge in [-0.1, -0.05) is 5.16 Å². The van der Waals surface area contributed by atoms with E-state index in [1.807, 2.05) is 6.92 Å². The van der Waals surface area contributed by atoms with Crippen LogP contribution in [0.3, 0.4) is 0 Å². The van der Waals surface area contributed by atoms with Crippen LogP contribution in [0, 0.1) is 0 Å². The van der Waals surface area contributed by atoms with Crippen molar-refractivity contribution in [1.29, 1.82) is 0 Å². The number of halogens is 1. The summed E-state index contributed by atoms with van der Waals surface area (Å²) in [5.74, 6) is 0.784. The number of guanidine groups is 1. The van der Waals surface area contributed by atoms with E-state index in [4.69, 9.17) is 9.26 Å². The lowest BCUT2D eigenvalue weighted by atomic mass is 10.4. The summed E-state index contributed by atoms with van der Waals surface area (Å²) < 4.78 is 9.72. The van der Waals surface area contributed by atoms with Crippen molar-refractivity contribution in [2.75, 3.05) is 26.8 Å². The average molecular weight is 368 g/mol. The van der Waals surface area contributed by atoms with Crippen LogP contribution < -0.4 is 10.6 Å². The lowest BCUT2D eigenvalue weighted by molar-refractivity contribution is 0.195. The molecule has 0 unspecified atom stereocenters. The molecule has 0 radical (unpaired) electrons. The smallest absolute Gasteiger partial charge is 0.191 e. The van der Waals surface area contributed by atoms with E-state index in [2.05, 4.69) is 20.8 Å². The molecule has 0 aliphatic rings. The van der Waals surface area contributed by atoms with Crippen molar-refractivity contribution in [3.8, 4) is 0 Å². The lowest BCUT2D eigenvalue weighted by Crippen LogP contribution is -2.38. The van der Waals surface area contributed by atoms with Crippen LogP contribution >= 0.6 is 24.0 Å². The highest BCUT2D eigenvalue weighted by Crippen LogP contribution is 1.95. The fraction of sp³-hybridized carbons (Fsp3) is 0.636. The molecular formula is C11H21IN4O2. The van der Waals surface area contributed by atoms with E-state index < -0.39 is 0 Å². The van der Waals surface area contributed by atoms with Crippen LogP contribution in [-0.4, -0.2) is 37.9 Å². The lowest BCUT2D eigenvalue weighted by Gasteiger charge is -2.10. The molecule has 1 heterocycles. The molecule has 0 bridgehead atoms. The van der Waals surface area contributed by atoms with Crippen molar-refractivity contribution in [1.82, 2.24) is 15.8 Å². The zero-order valence-electron chi connectivity index (χ0n) is 10.8. The summed E-state index contributed by atoms with van der Waals surface area (Å²) in [4.78, 5) is 4.38. The van der Waals surface area contributed by atoms with Crippen molar-refractivity contribution >= 4 is 29.9 Å². The summed E-state index contributed by atoms with van der Waals surface area (Å²) in [6.07, 6.45) is 2.49. The molecule has 1 aromatic heterocycles. The summed E-state index contributed by atoms with van der Waals surface area (Å²) in [6, 6.07) is 1.80. The van der Waals surface area contributed by atoms with Crippen LogP contribution in [-0.2, 0) is 11.3 Å². The zero-order chi connectivity index (χ0) is 12.3. The maximum absolute atomic E-state index is 4.98. The summed E-state index contributed by atoms with van der Waals surface area (Å²) >= 11 is 0. The van der Waals surface area contributed by atoms with Gasteiger partial charge < -0.3 is 19.9 Å². The van der Waals surface area contributed by atoms with Crippen LogP contribution in [0.5, 0.6) is 0 Å². The van der Waals surface area contributed by atoms with E-state index in [-0.39, 0.29) is 24.0 Å². The number of nitrogens with zero attached hydrogens (tertiary/aromatic N) is 2. The molecule has 0 aromatic carbocycles. The maximum Gasteiger partial charge on any atom is 0.191 e. The molecule has 0 spiro atoms. The number of hydrogen-bond acceptors (Lipinski definition) is 4. The second-order valence-corrected chi connectivity index (χ2v) is 3.46. The van der Waals surface area contributed by atoms with Crippen LogP contribution in [0.1, 0.15) is 19.0 Å². The van der Waals surface area contributed by atoms with Crippen molar-refractivity contribution in [2.24, 2.45) is 4.99 Å². The molecule has 0 aliphatic heterocycles. The van der Waals surface area contributed by atoms with Gasteiger partial charge in [0.1, 0.15) is 12.0 Å². The number of rotatable bonds is 7. The number of hydrogen-bond donors (Lipinski definition) is 2. The van der Waals surface area contributed by atoms with Gasteiger partial charge in [0.25, 0.3) is 0 Å². The molecule has 0 saturated heterocycles. The fourth-order valence-electron chi connectivity index (χ4n) is 1.24. The molecule has 18 heavy (non-hydrogen) atoms. The molecule has 0 aliphatic carbocycles. The Morgan fingerprint density at radius 1 is 1.50 bits per heavy atom. The van der Waals surface area contributed by atoms with Gasteiger partial charge in [-0.05, 0) is 13.3 Å². The molecule has 6 nitrogen and oxygen atoms in total. The molecule has 0 fully saturated rings. The largest absolute Gasteiger partial charge is 0.385 e. The standard InChI is InChI=1S/C11H20N4O2.HI/c1-3-12-11(13-6-4-7-16-2)14-9-10-5-8-17-15-10;/h5,8H,3-4,6-7,9H2,1-2H3,(H2,12,13,14);1H. The minimum absolute atomic E-state index is 0. The quantitative estimate of drug-likeness (QED) is 0.329. The third-order valence-electron chi connectivity index (χ3n) is 2.05. The minimum Gasteiger partial charge on any atom is -0.385 e. The van der Waals surface area contributed by atoms with E-state index in [9.17, 15) is 0 Å². The third kappa shape index (κ3) is 7.49. The van der Waals surface area contributed by atoms with Gasteiger partial charge in [0.05, 0.1) is 6.54 Å². The minimum atomic E-state index is 0. The highest BCUT2D eigenvalue weighted by Gasteiger charge is 1.98. The van der Waals surface area contributed by atoms with Crippen LogP contribution in [0.25, 0.3) is 0 Å². The third-order valence-corrected chi connectivity index (χ3v) is 2.05. The summed E-state index contributed by atoms with van der Waals surface area (Å²) in [5, 5.41) is 10.2. The fourth-order valence-corrected chi connectivity index (χ4v) is 1.24. The molecule has 2 N–H and O–H groups in total. The van der Waals surface area contributed by atoms with Gasteiger partial charge >= 0.3 is 0 Å². The molecule has 0 amide bonds. The van der Waals surface area contributed by atoms with E-state index in [0.717, 1.165) is 37.8 Å². The summed E-state index contributed by atoms with van der Waals surface area (Å²) in [7, 11) is 1.70. The van der Waals surface area contributed by atoms with Crippen LogP contribution in [0.15, 0.2) is 21.8 Å². The Balaban J connectivity index is 0.00000289. The van der Waals surface area contributed by atoms with Gasteiger partial charge in [0.15, 0.2) is 5.96 Å². The van der Waals surface area contributed by atoms with Gasteiger partial charge in [-0.3, -0.25) is 0 Å². The van der Waals surface area contributed by atoms with E-state index in [1.165, 1.54) is 0 Å². The number of aliphatic imine (C=N–C) groups is 1. The topological polar surface area (TPSA) is 71.7 Å². The molecule has 0 atom stereocenters. The zero-order valence-corrected chi connectivity index (χ0v) is 13.1. The Morgan fingerprint density at radius 3 is 2.94 bits per heavy atom. The Bertz CT molecular complexity index is 317. The molecule has 1 aromatic rings. The molecule has 1 rings (SSSR count). The Hall–Kier alpha value is -0.830. The first kappa shape index (κ1) is 17.2. The van der Waals surface area contributed by atoms with Crippen LogP contribution in [0.4, 0.5) is 0 Å². The van der Waals surface area contributed by atoms with Gasteiger partial charge in [-0.2, -0.15) is 0 Å².